The molecule has 102 valence electrons. The second kappa shape index (κ2) is 6.27. The number of fused-ring (bicyclic) bond motifs is 1. The van der Waals surface area contributed by atoms with E-state index < -0.39 is 0 Å². The number of amides is 2. The Morgan fingerprint density at radius 2 is 2.16 bits per heavy atom. The minimum Gasteiger partial charge on any atom is -0.361 e. The van der Waals surface area contributed by atoms with Crippen LogP contribution in [0.4, 0.5) is 4.79 Å². The Kier molecular flexibility index (Phi) is 4.44. The average Bonchev–Trinajstić information content (AvgIpc) is 2.85. The number of carbonyl (C=O) groups excluding carboxylic acids is 1. The number of aromatic nitrogens is 1. The van der Waals surface area contributed by atoms with Crippen molar-refractivity contribution in [1.29, 1.82) is 0 Å². The summed E-state index contributed by atoms with van der Waals surface area (Å²) in [4.78, 5) is 16.7. The monoisotopic (exact) mass is 259 g/mol. The van der Waals surface area contributed by atoms with E-state index in [4.69, 9.17) is 0 Å². The first-order chi connectivity index (χ1) is 9.22. The molecule has 0 aliphatic heterocycles. The van der Waals surface area contributed by atoms with Crippen LogP contribution in [0, 0.1) is 0 Å². The normalized spacial score (nSPS) is 10.6. The minimum absolute atomic E-state index is 0.00157. The van der Waals surface area contributed by atoms with Crippen LogP contribution in [0.25, 0.3) is 10.9 Å². The maximum absolute atomic E-state index is 11.7. The molecule has 1 aromatic heterocycles. The van der Waals surface area contributed by atoms with Gasteiger partial charge < -0.3 is 15.2 Å². The SMILES string of the molecule is CCCNC(=O)N(C)CCc1c[nH]c2ccccc12. The Morgan fingerprint density at radius 1 is 1.37 bits per heavy atom. The lowest BCUT2D eigenvalue weighted by molar-refractivity contribution is 0.209. The lowest BCUT2D eigenvalue weighted by Gasteiger charge is -2.17. The fourth-order valence-electron chi connectivity index (χ4n) is 2.10. The molecule has 0 aliphatic carbocycles. The molecule has 2 amide bonds. The predicted octanol–water partition coefficient (Wildman–Crippen LogP) is 2.76. The summed E-state index contributed by atoms with van der Waals surface area (Å²) in [6.07, 6.45) is 3.85. The standard InChI is InChI=1S/C15H21N3O/c1-3-9-16-15(19)18(2)10-8-12-11-17-14-7-5-4-6-13(12)14/h4-7,11,17H,3,8-10H2,1-2H3,(H,16,19). The molecule has 2 rings (SSSR count). The number of benzene rings is 1. The largest absolute Gasteiger partial charge is 0.361 e. The van der Waals surface area contributed by atoms with Crippen molar-refractivity contribution in [2.45, 2.75) is 19.8 Å². The molecule has 0 bridgehead atoms. The van der Waals surface area contributed by atoms with Gasteiger partial charge in [-0.15, -0.1) is 0 Å². The second-order valence-corrected chi connectivity index (χ2v) is 4.76. The van der Waals surface area contributed by atoms with E-state index in [9.17, 15) is 4.79 Å². The number of aromatic amines is 1. The molecule has 2 aromatic rings. The van der Waals surface area contributed by atoms with Crippen LogP contribution in [0.1, 0.15) is 18.9 Å². The minimum atomic E-state index is 0.00157. The maximum atomic E-state index is 11.7. The highest BCUT2D eigenvalue weighted by Gasteiger charge is 2.09. The number of hydrogen-bond donors (Lipinski definition) is 2. The lowest BCUT2D eigenvalue weighted by Crippen LogP contribution is -2.38. The topological polar surface area (TPSA) is 48.1 Å². The molecule has 4 heteroatoms. The van der Waals surface area contributed by atoms with E-state index in [-0.39, 0.29) is 6.03 Å². The number of nitrogens with one attached hydrogen (secondary N) is 2. The first-order valence-corrected chi connectivity index (χ1v) is 6.76. The number of urea groups is 1. The molecular formula is C15H21N3O. The van der Waals surface area contributed by atoms with Gasteiger partial charge in [0, 0.05) is 37.2 Å². The van der Waals surface area contributed by atoms with Crippen molar-refractivity contribution in [3.05, 3.63) is 36.0 Å². The van der Waals surface area contributed by atoms with Gasteiger partial charge in [-0.3, -0.25) is 0 Å². The Balaban J connectivity index is 1.93. The van der Waals surface area contributed by atoms with E-state index >= 15 is 0 Å². The van der Waals surface area contributed by atoms with E-state index in [0.29, 0.717) is 0 Å². The number of rotatable bonds is 5. The molecule has 1 aromatic carbocycles. The van der Waals surface area contributed by atoms with Crippen LogP contribution in [0.5, 0.6) is 0 Å². The molecule has 19 heavy (non-hydrogen) atoms. The van der Waals surface area contributed by atoms with Crippen LogP contribution in [0.2, 0.25) is 0 Å². The quantitative estimate of drug-likeness (QED) is 0.852. The number of H-pyrrole nitrogens is 1. The smallest absolute Gasteiger partial charge is 0.317 e. The summed E-state index contributed by atoms with van der Waals surface area (Å²) in [5.74, 6) is 0. The Morgan fingerprint density at radius 3 is 2.95 bits per heavy atom. The van der Waals surface area contributed by atoms with Crippen LogP contribution >= 0.6 is 0 Å². The van der Waals surface area contributed by atoms with Gasteiger partial charge in [-0.1, -0.05) is 25.1 Å². The highest BCUT2D eigenvalue weighted by Crippen LogP contribution is 2.18. The third-order valence-electron chi connectivity index (χ3n) is 3.26. The third-order valence-corrected chi connectivity index (χ3v) is 3.26. The van der Waals surface area contributed by atoms with Gasteiger partial charge in [0.1, 0.15) is 0 Å². The molecule has 0 spiro atoms. The van der Waals surface area contributed by atoms with Crippen molar-refractivity contribution in [1.82, 2.24) is 15.2 Å². The van der Waals surface area contributed by atoms with E-state index in [1.54, 1.807) is 4.90 Å². The third kappa shape index (κ3) is 3.28. The van der Waals surface area contributed by atoms with Gasteiger partial charge in [0.05, 0.1) is 0 Å². The zero-order valence-corrected chi connectivity index (χ0v) is 11.6. The zero-order valence-electron chi connectivity index (χ0n) is 11.6. The van der Waals surface area contributed by atoms with Crippen LogP contribution in [0.3, 0.4) is 0 Å². The Hall–Kier alpha value is -1.97. The van der Waals surface area contributed by atoms with Gasteiger partial charge in [0.15, 0.2) is 0 Å². The summed E-state index contributed by atoms with van der Waals surface area (Å²) in [6.45, 7) is 3.50. The van der Waals surface area contributed by atoms with Crippen molar-refractivity contribution < 1.29 is 4.79 Å². The van der Waals surface area contributed by atoms with Crippen molar-refractivity contribution in [2.75, 3.05) is 20.1 Å². The molecule has 0 atom stereocenters. The van der Waals surface area contributed by atoms with E-state index in [0.717, 1.165) is 31.4 Å². The lowest BCUT2D eigenvalue weighted by atomic mass is 10.1. The molecule has 0 unspecified atom stereocenters. The average molecular weight is 259 g/mol. The summed E-state index contributed by atoms with van der Waals surface area (Å²) in [6, 6.07) is 8.24. The van der Waals surface area contributed by atoms with Crippen LogP contribution in [-0.4, -0.2) is 36.1 Å². The summed E-state index contributed by atoms with van der Waals surface area (Å²) in [5, 5.41) is 4.12. The highest BCUT2D eigenvalue weighted by atomic mass is 16.2. The predicted molar refractivity (Wildman–Crippen MR) is 78.3 cm³/mol. The van der Waals surface area contributed by atoms with Crippen LogP contribution < -0.4 is 5.32 Å². The molecule has 0 saturated heterocycles. The maximum Gasteiger partial charge on any atom is 0.317 e. The number of likely N-dealkylation sites (N-methyl/N-ethyl adjacent to an activating group) is 1. The summed E-state index contributed by atoms with van der Waals surface area (Å²) in [7, 11) is 1.83. The van der Waals surface area contributed by atoms with Gasteiger partial charge in [-0.05, 0) is 24.5 Å². The Labute approximate surface area is 113 Å². The fourth-order valence-corrected chi connectivity index (χ4v) is 2.10. The fraction of sp³-hybridized carbons (Fsp3) is 0.400. The summed E-state index contributed by atoms with van der Waals surface area (Å²) in [5.41, 5.74) is 2.40. The van der Waals surface area contributed by atoms with Gasteiger partial charge in [0.25, 0.3) is 0 Å². The summed E-state index contributed by atoms with van der Waals surface area (Å²) >= 11 is 0. The molecule has 4 nitrogen and oxygen atoms in total. The van der Waals surface area contributed by atoms with Crippen molar-refractivity contribution in [3.63, 3.8) is 0 Å². The second-order valence-electron chi connectivity index (χ2n) is 4.76. The first-order valence-electron chi connectivity index (χ1n) is 6.76. The Bertz CT molecular complexity index is 547. The molecule has 0 aliphatic rings. The molecule has 0 radical (unpaired) electrons. The molecule has 0 saturated carbocycles. The van der Waals surface area contributed by atoms with Gasteiger partial charge in [-0.2, -0.15) is 0 Å². The van der Waals surface area contributed by atoms with Gasteiger partial charge >= 0.3 is 6.03 Å². The van der Waals surface area contributed by atoms with Crippen molar-refractivity contribution in [3.8, 4) is 0 Å². The van der Waals surface area contributed by atoms with Crippen LogP contribution in [0.15, 0.2) is 30.5 Å². The highest BCUT2D eigenvalue weighted by molar-refractivity contribution is 5.83. The zero-order chi connectivity index (χ0) is 13.7. The molecule has 2 N–H and O–H groups in total. The first kappa shape index (κ1) is 13.5. The van der Waals surface area contributed by atoms with Crippen LogP contribution in [-0.2, 0) is 6.42 Å². The molecular weight excluding hydrogens is 238 g/mol. The number of hydrogen-bond acceptors (Lipinski definition) is 1. The van der Waals surface area contributed by atoms with E-state index in [1.165, 1.54) is 10.9 Å². The number of carbonyl (C=O) groups is 1. The van der Waals surface area contributed by atoms with Gasteiger partial charge in [0.2, 0.25) is 0 Å². The molecule has 0 fully saturated rings. The summed E-state index contributed by atoms with van der Waals surface area (Å²) < 4.78 is 0. The number of para-hydroxylation sites is 1. The van der Waals surface area contributed by atoms with Gasteiger partial charge in [-0.25, -0.2) is 4.79 Å². The van der Waals surface area contributed by atoms with E-state index in [2.05, 4.69) is 22.4 Å². The van der Waals surface area contributed by atoms with Crippen molar-refractivity contribution >= 4 is 16.9 Å². The van der Waals surface area contributed by atoms with E-state index in [1.807, 2.05) is 32.3 Å². The molecule has 1 heterocycles. The number of nitrogens with zero attached hydrogens (tertiary/aromatic N) is 1. The van der Waals surface area contributed by atoms with Crippen molar-refractivity contribution in [2.24, 2.45) is 0 Å².